The maximum atomic E-state index is 11.9. The van der Waals surface area contributed by atoms with Crippen molar-refractivity contribution in [2.45, 2.75) is 6.92 Å². The van der Waals surface area contributed by atoms with Crippen molar-refractivity contribution in [3.05, 3.63) is 65.9 Å². The van der Waals surface area contributed by atoms with Gasteiger partial charge in [0.1, 0.15) is 5.69 Å². The minimum absolute atomic E-state index is 0.172. The van der Waals surface area contributed by atoms with E-state index in [-0.39, 0.29) is 5.91 Å². The summed E-state index contributed by atoms with van der Waals surface area (Å²) >= 11 is 0. The lowest BCUT2D eigenvalue weighted by molar-refractivity contribution is 0.0958. The van der Waals surface area contributed by atoms with Crippen LogP contribution < -0.4 is 5.32 Å². The zero-order valence-electron chi connectivity index (χ0n) is 12.1. The summed E-state index contributed by atoms with van der Waals surface area (Å²) in [5.41, 5.74) is 4.56. The minimum atomic E-state index is -0.172. The van der Waals surface area contributed by atoms with E-state index in [2.05, 4.69) is 23.3 Å². The van der Waals surface area contributed by atoms with E-state index in [0.29, 0.717) is 5.69 Å². The number of amides is 1. The lowest BCUT2D eigenvalue weighted by Crippen LogP contribution is -2.19. The van der Waals surface area contributed by atoms with Crippen LogP contribution in [-0.4, -0.2) is 17.9 Å². The van der Waals surface area contributed by atoms with Crippen LogP contribution in [0, 0.1) is 6.92 Å². The molecule has 0 saturated carbocycles. The van der Waals surface area contributed by atoms with Crippen LogP contribution in [0.3, 0.4) is 0 Å². The van der Waals surface area contributed by atoms with E-state index in [1.165, 1.54) is 5.56 Å². The van der Waals surface area contributed by atoms with Crippen molar-refractivity contribution >= 4 is 16.8 Å². The van der Waals surface area contributed by atoms with Gasteiger partial charge in [-0.25, -0.2) is 4.98 Å². The number of rotatable bonds is 2. The summed E-state index contributed by atoms with van der Waals surface area (Å²) in [4.78, 5) is 16.4. The predicted octanol–water partition coefficient (Wildman–Crippen LogP) is 3.57. The number of benzene rings is 2. The molecule has 3 heteroatoms. The lowest BCUT2D eigenvalue weighted by Gasteiger charge is -2.10. The van der Waals surface area contributed by atoms with E-state index < -0.39 is 0 Å². The summed E-state index contributed by atoms with van der Waals surface area (Å²) in [5, 5.41) is 3.70. The molecular weight excluding hydrogens is 260 g/mol. The highest BCUT2D eigenvalue weighted by Gasteiger charge is 2.12. The van der Waals surface area contributed by atoms with Gasteiger partial charge in [-0.15, -0.1) is 0 Å². The zero-order valence-corrected chi connectivity index (χ0v) is 12.1. The van der Waals surface area contributed by atoms with Gasteiger partial charge in [-0.05, 0) is 36.2 Å². The number of hydrogen-bond donors (Lipinski definition) is 1. The Bertz CT molecular complexity index is 810. The van der Waals surface area contributed by atoms with Crippen molar-refractivity contribution in [3.8, 4) is 11.1 Å². The second kappa shape index (κ2) is 5.37. The summed E-state index contributed by atoms with van der Waals surface area (Å²) in [5.74, 6) is -0.172. The number of pyridine rings is 1. The number of hydrogen-bond acceptors (Lipinski definition) is 2. The third-order valence-electron chi connectivity index (χ3n) is 3.51. The van der Waals surface area contributed by atoms with Gasteiger partial charge in [-0.1, -0.05) is 42.0 Å². The van der Waals surface area contributed by atoms with Gasteiger partial charge in [0, 0.05) is 12.4 Å². The van der Waals surface area contributed by atoms with E-state index in [9.17, 15) is 4.79 Å². The third-order valence-corrected chi connectivity index (χ3v) is 3.51. The molecule has 1 heterocycles. The van der Waals surface area contributed by atoms with Crippen LogP contribution in [0.1, 0.15) is 16.1 Å². The van der Waals surface area contributed by atoms with Gasteiger partial charge in [0.2, 0.25) is 0 Å². The van der Waals surface area contributed by atoms with Crippen LogP contribution in [0.2, 0.25) is 0 Å². The Balaban J connectivity index is 2.33. The maximum absolute atomic E-state index is 11.9. The number of carbonyl (C=O) groups excluding carboxylic acids is 1. The molecule has 104 valence electrons. The summed E-state index contributed by atoms with van der Waals surface area (Å²) in [6.07, 6.45) is 0. The molecule has 1 N–H and O–H groups in total. The number of aryl methyl sites for hydroxylation is 1. The molecule has 1 amide bonds. The average Bonchev–Trinajstić information content (AvgIpc) is 2.54. The average molecular weight is 276 g/mol. The van der Waals surface area contributed by atoms with Gasteiger partial charge < -0.3 is 5.32 Å². The van der Waals surface area contributed by atoms with E-state index in [0.717, 1.165) is 22.0 Å². The normalized spacial score (nSPS) is 10.6. The molecule has 0 spiro atoms. The zero-order chi connectivity index (χ0) is 14.8. The first-order valence-corrected chi connectivity index (χ1v) is 6.88. The Morgan fingerprint density at radius 3 is 2.52 bits per heavy atom. The first-order chi connectivity index (χ1) is 10.2. The van der Waals surface area contributed by atoms with Crippen molar-refractivity contribution in [3.63, 3.8) is 0 Å². The minimum Gasteiger partial charge on any atom is -0.354 e. The Hall–Kier alpha value is -2.68. The second-order valence-corrected chi connectivity index (χ2v) is 5.02. The number of nitrogens with zero attached hydrogens (tertiary/aromatic N) is 1. The standard InChI is InChI=1S/C18H16N2O/c1-12-8-9-16-15(10-12)14(13-6-4-3-5-7-13)11-17(20-16)18(21)19-2/h3-11H,1-2H3,(H,19,21). The molecule has 0 aliphatic rings. The van der Waals surface area contributed by atoms with E-state index in [4.69, 9.17) is 0 Å². The molecule has 0 atom stereocenters. The maximum Gasteiger partial charge on any atom is 0.269 e. The molecule has 0 unspecified atom stereocenters. The van der Waals surface area contributed by atoms with Crippen molar-refractivity contribution in [1.29, 1.82) is 0 Å². The van der Waals surface area contributed by atoms with Gasteiger partial charge >= 0.3 is 0 Å². The van der Waals surface area contributed by atoms with Crippen molar-refractivity contribution in [2.24, 2.45) is 0 Å². The molecule has 0 saturated heterocycles. The van der Waals surface area contributed by atoms with E-state index in [1.54, 1.807) is 7.05 Å². The topological polar surface area (TPSA) is 42.0 Å². The quantitative estimate of drug-likeness (QED) is 0.777. The smallest absolute Gasteiger partial charge is 0.269 e. The van der Waals surface area contributed by atoms with Gasteiger partial charge in [0.15, 0.2) is 0 Å². The van der Waals surface area contributed by atoms with Gasteiger partial charge in [-0.2, -0.15) is 0 Å². The van der Waals surface area contributed by atoms with Crippen LogP contribution in [-0.2, 0) is 0 Å². The fourth-order valence-electron chi connectivity index (χ4n) is 2.44. The molecule has 2 aromatic carbocycles. The van der Waals surface area contributed by atoms with Crippen molar-refractivity contribution in [2.75, 3.05) is 7.05 Å². The van der Waals surface area contributed by atoms with Crippen LogP contribution >= 0.6 is 0 Å². The van der Waals surface area contributed by atoms with Crippen molar-refractivity contribution < 1.29 is 4.79 Å². The Morgan fingerprint density at radius 2 is 1.81 bits per heavy atom. The summed E-state index contributed by atoms with van der Waals surface area (Å²) in [7, 11) is 1.62. The highest BCUT2D eigenvalue weighted by molar-refractivity contribution is 6.01. The molecule has 0 aliphatic carbocycles. The molecule has 21 heavy (non-hydrogen) atoms. The van der Waals surface area contributed by atoms with Crippen LogP contribution in [0.5, 0.6) is 0 Å². The van der Waals surface area contributed by atoms with E-state index in [1.807, 2.05) is 48.5 Å². The molecular formula is C18H16N2O. The molecule has 3 rings (SSSR count). The SMILES string of the molecule is CNC(=O)c1cc(-c2ccccc2)c2cc(C)ccc2n1. The lowest BCUT2D eigenvalue weighted by atomic mass is 9.99. The summed E-state index contributed by atoms with van der Waals surface area (Å²) in [6.45, 7) is 2.06. The first-order valence-electron chi connectivity index (χ1n) is 6.88. The Morgan fingerprint density at radius 1 is 1.05 bits per heavy atom. The van der Waals surface area contributed by atoms with E-state index >= 15 is 0 Å². The first kappa shape index (κ1) is 13.3. The molecule has 0 aliphatic heterocycles. The monoisotopic (exact) mass is 276 g/mol. The van der Waals surface area contributed by atoms with Crippen LogP contribution in [0.4, 0.5) is 0 Å². The molecule has 3 aromatic rings. The Kier molecular flexibility index (Phi) is 3.40. The van der Waals surface area contributed by atoms with Crippen molar-refractivity contribution in [1.82, 2.24) is 10.3 Å². The van der Waals surface area contributed by atoms with Crippen LogP contribution in [0.15, 0.2) is 54.6 Å². The highest BCUT2D eigenvalue weighted by atomic mass is 16.1. The number of fused-ring (bicyclic) bond motifs is 1. The van der Waals surface area contributed by atoms with Gasteiger partial charge in [0.25, 0.3) is 5.91 Å². The fraction of sp³-hybridized carbons (Fsp3) is 0.111. The number of aromatic nitrogens is 1. The molecule has 0 radical (unpaired) electrons. The van der Waals surface area contributed by atoms with Gasteiger partial charge in [0.05, 0.1) is 5.52 Å². The molecule has 1 aromatic heterocycles. The molecule has 3 nitrogen and oxygen atoms in total. The summed E-state index contributed by atoms with van der Waals surface area (Å²) < 4.78 is 0. The summed E-state index contributed by atoms with van der Waals surface area (Å²) in [6, 6.07) is 18.0. The number of nitrogens with one attached hydrogen (secondary N) is 1. The number of carbonyl (C=O) groups is 1. The highest BCUT2D eigenvalue weighted by Crippen LogP contribution is 2.29. The third kappa shape index (κ3) is 2.50. The van der Waals surface area contributed by atoms with Gasteiger partial charge in [-0.3, -0.25) is 4.79 Å². The largest absolute Gasteiger partial charge is 0.354 e. The molecule has 0 fully saturated rings. The fourth-order valence-corrected chi connectivity index (χ4v) is 2.44. The molecule has 0 bridgehead atoms. The second-order valence-electron chi connectivity index (χ2n) is 5.02. The van der Waals surface area contributed by atoms with Crippen LogP contribution in [0.25, 0.3) is 22.0 Å². The predicted molar refractivity (Wildman–Crippen MR) is 85.3 cm³/mol. The Labute approximate surface area is 123 Å².